The molecule has 2 amide bonds. The molecule has 1 aromatic rings. The third-order valence-electron chi connectivity index (χ3n) is 4.39. The smallest absolute Gasteiger partial charge is 0.410 e. The van der Waals surface area contributed by atoms with Crippen LogP contribution in [0, 0.1) is 11.3 Å². The molecule has 2 atom stereocenters. The van der Waals surface area contributed by atoms with E-state index in [1.165, 1.54) is 11.9 Å². The van der Waals surface area contributed by atoms with Crippen LogP contribution in [-0.2, 0) is 20.9 Å². The first-order chi connectivity index (χ1) is 13.4. The Morgan fingerprint density at radius 3 is 2.21 bits per heavy atom. The van der Waals surface area contributed by atoms with Crippen LogP contribution in [0.4, 0.5) is 4.79 Å². The molecule has 0 fully saturated rings. The summed E-state index contributed by atoms with van der Waals surface area (Å²) in [6, 6.07) is 7.42. The summed E-state index contributed by atoms with van der Waals surface area (Å²) in [4.78, 5) is 38.2. The van der Waals surface area contributed by atoms with E-state index in [2.05, 4.69) is 5.32 Å². The van der Waals surface area contributed by atoms with Gasteiger partial charge in [0.2, 0.25) is 5.91 Å². The van der Waals surface area contributed by atoms with Crippen LogP contribution in [0.25, 0.3) is 0 Å². The van der Waals surface area contributed by atoms with E-state index in [0.717, 1.165) is 5.56 Å². The van der Waals surface area contributed by atoms with Gasteiger partial charge in [-0.05, 0) is 29.7 Å². The molecule has 0 aliphatic heterocycles. The maximum absolute atomic E-state index is 12.9. The van der Waals surface area contributed by atoms with Gasteiger partial charge in [-0.15, -0.1) is 0 Å². The maximum atomic E-state index is 12.9. The summed E-state index contributed by atoms with van der Waals surface area (Å²) in [7, 11) is 1.50. The van der Waals surface area contributed by atoms with E-state index in [4.69, 9.17) is 4.74 Å². The summed E-state index contributed by atoms with van der Waals surface area (Å²) in [5.74, 6) is -1.48. The molecular formula is C22H34N2O5. The molecule has 2 N–H and O–H groups in total. The van der Waals surface area contributed by atoms with Crippen LogP contribution in [0.3, 0.4) is 0 Å². The SMILES string of the molecule is CC(C)C[C@H](NC(=O)[C@@H](CC(C)(C)C)N(C)C(=O)OCc1ccccc1)C(=O)O. The number of carbonyl (C=O) groups excluding carboxylic acids is 2. The van der Waals surface area contributed by atoms with Crippen LogP contribution in [0.2, 0.25) is 0 Å². The van der Waals surface area contributed by atoms with E-state index in [1.807, 2.05) is 65.0 Å². The monoisotopic (exact) mass is 406 g/mol. The van der Waals surface area contributed by atoms with E-state index in [-0.39, 0.29) is 17.9 Å². The normalized spacial score (nSPS) is 13.5. The van der Waals surface area contributed by atoms with Gasteiger partial charge in [-0.3, -0.25) is 9.69 Å². The van der Waals surface area contributed by atoms with Crippen molar-refractivity contribution in [3.63, 3.8) is 0 Å². The highest BCUT2D eigenvalue weighted by molar-refractivity contribution is 5.89. The number of hydrogen-bond donors (Lipinski definition) is 2. The molecule has 0 aliphatic rings. The van der Waals surface area contributed by atoms with Gasteiger partial charge in [-0.25, -0.2) is 9.59 Å². The minimum Gasteiger partial charge on any atom is -0.480 e. The number of hydrogen-bond acceptors (Lipinski definition) is 4. The maximum Gasteiger partial charge on any atom is 0.410 e. The van der Waals surface area contributed by atoms with Crippen molar-refractivity contribution in [3.8, 4) is 0 Å². The lowest BCUT2D eigenvalue weighted by Crippen LogP contribution is -2.53. The second-order valence-corrected chi connectivity index (χ2v) is 8.96. The summed E-state index contributed by atoms with van der Waals surface area (Å²) in [5.41, 5.74) is 0.584. The second kappa shape index (κ2) is 10.8. The lowest BCUT2D eigenvalue weighted by atomic mass is 9.87. The summed E-state index contributed by atoms with van der Waals surface area (Å²) < 4.78 is 5.34. The molecule has 0 bridgehead atoms. The van der Waals surface area contributed by atoms with Crippen molar-refractivity contribution in [1.82, 2.24) is 10.2 Å². The number of carboxylic acids is 1. The van der Waals surface area contributed by atoms with Crippen molar-refractivity contribution < 1.29 is 24.2 Å². The van der Waals surface area contributed by atoms with Crippen molar-refractivity contribution in [2.45, 2.75) is 66.2 Å². The molecule has 29 heavy (non-hydrogen) atoms. The summed E-state index contributed by atoms with van der Waals surface area (Å²) in [6.07, 6.45) is 0.0453. The minimum atomic E-state index is -1.09. The Hall–Kier alpha value is -2.57. The van der Waals surface area contributed by atoms with Crippen molar-refractivity contribution >= 4 is 18.0 Å². The third-order valence-corrected chi connectivity index (χ3v) is 4.39. The van der Waals surface area contributed by atoms with Gasteiger partial charge in [0.1, 0.15) is 18.7 Å². The number of nitrogens with zero attached hydrogens (tertiary/aromatic N) is 1. The van der Waals surface area contributed by atoms with Gasteiger partial charge < -0.3 is 15.2 Å². The Morgan fingerprint density at radius 1 is 1.14 bits per heavy atom. The number of benzene rings is 1. The number of rotatable bonds is 9. The fourth-order valence-corrected chi connectivity index (χ4v) is 2.89. The Balaban J connectivity index is 2.90. The van der Waals surface area contributed by atoms with Gasteiger partial charge in [-0.2, -0.15) is 0 Å². The number of amides is 2. The van der Waals surface area contributed by atoms with E-state index < -0.39 is 30.1 Å². The zero-order valence-corrected chi connectivity index (χ0v) is 18.3. The van der Waals surface area contributed by atoms with Gasteiger partial charge in [0.05, 0.1) is 0 Å². The molecule has 0 unspecified atom stereocenters. The number of ether oxygens (including phenoxy) is 1. The average molecular weight is 407 g/mol. The molecule has 0 spiro atoms. The fourth-order valence-electron chi connectivity index (χ4n) is 2.89. The third kappa shape index (κ3) is 8.98. The van der Waals surface area contributed by atoms with Gasteiger partial charge in [-0.1, -0.05) is 65.0 Å². The molecule has 1 aromatic carbocycles. The van der Waals surface area contributed by atoms with Crippen LogP contribution >= 0.6 is 0 Å². The molecule has 0 aromatic heterocycles. The molecule has 0 saturated carbocycles. The standard InChI is InChI=1S/C22H34N2O5/c1-15(2)12-17(20(26)27)23-19(25)18(13-22(3,4)5)24(6)21(28)29-14-16-10-8-7-9-11-16/h7-11,15,17-18H,12-14H2,1-6H3,(H,23,25)(H,26,27)/t17-,18+/m0/s1. The van der Waals surface area contributed by atoms with E-state index in [0.29, 0.717) is 12.8 Å². The van der Waals surface area contributed by atoms with E-state index in [9.17, 15) is 19.5 Å². The zero-order valence-electron chi connectivity index (χ0n) is 18.3. The van der Waals surface area contributed by atoms with E-state index in [1.54, 1.807) is 0 Å². The lowest BCUT2D eigenvalue weighted by Gasteiger charge is -2.32. The molecule has 1 rings (SSSR count). The first-order valence-electron chi connectivity index (χ1n) is 9.87. The van der Waals surface area contributed by atoms with Crippen LogP contribution in [0.5, 0.6) is 0 Å². The minimum absolute atomic E-state index is 0.0962. The van der Waals surface area contributed by atoms with Crippen LogP contribution in [-0.4, -0.2) is 47.1 Å². The average Bonchev–Trinajstić information content (AvgIpc) is 2.62. The summed E-state index contributed by atoms with van der Waals surface area (Å²) >= 11 is 0. The lowest BCUT2D eigenvalue weighted by molar-refractivity contribution is -0.143. The van der Waals surface area contributed by atoms with Crippen LogP contribution in [0.15, 0.2) is 30.3 Å². The van der Waals surface area contributed by atoms with Gasteiger partial charge in [0.15, 0.2) is 0 Å². The highest BCUT2D eigenvalue weighted by Crippen LogP contribution is 2.24. The molecule has 162 valence electrons. The molecule has 7 nitrogen and oxygen atoms in total. The Labute approximate surface area is 173 Å². The predicted molar refractivity (Wildman–Crippen MR) is 111 cm³/mol. The first-order valence-corrected chi connectivity index (χ1v) is 9.87. The highest BCUT2D eigenvalue weighted by atomic mass is 16.6. The van der Waals surface area contributed by atoms with Gasteiger partial charge >= 0.3 is 12.1 Å². The molecule has 0 saturated heterocycles. The number of likely N-dealkylation sites (N-methyl/N-ethyl adjacent to an activating group) is 1. The molecule has 0 radical (unpaired) electrons. The number of carbonyl (C=O) groups is 3. The van der Waals surface area contributed by atoms with Crippen LogP contribution < -0.4 is 5.32 Å². The molecular weight excluding hydrogens is 372 g/mol. The molecule has 0 aliphatic carbocycles. The fraction of sp³-hybridized carbons (Fsp3) is 0.591. The molecule has 0 heterocycles. The topological polar surface area (TPSA) is 95.9 Å². The Morgan fingerprint density at radius 2 is 1.72 bits per heavy atom. The first kappa shape index (κ1) is 24.5. The van der Waals surface area contributed by atoms with Gasteiger partial charge in [0, 0.05) is 7.05 Å². The van der Waals surface area contributed by atoms with Crippen molar-refractivity contribution in [3.05, 3.63) is 35.9 Å². The quantitative estimate of drug-likeness (QED) is 0.652. The second-order valence-electron chi connectivity index (χ2n) is 8.96. The summed E-state index contributed by atoms with van der Waals surface area (Å²) in [5, 5.41) is 12.0. The molecule has 7 heteroatoms. The Bertz CT molecular complexity index is 682. The number of nitrogens with one attached hydrogen (secondary N) is 1. The number of aliphatic carboxylic acids is 1. The number of carboxylic acid groups (broad SMARTS) is 1. The predicted octanol–water partition coefficient (Wildman–Crippen LogP) is 3.68. The highest BCUT2D eigenvalue weighted by Gasteiger charge is 2.34. The van der Waals surface area contributed by atoms with Crippen LogP contribution in [0.1, 0.15) is 53.0 Å². The van der Waals surface area contributed by atoms with Crippen molar-refractivity contribution in [1.29, 1.82) is 0 Å². The zero-order chi connectivity index (χ0) is 22.2. The van der Waals surface area contributed by atoms with Crippen molar-refractivity contribution in [2.75, 3.05) is 7.05 Å². The Kier molecular flexibility index (Phi) is 9.14. The van der Waals surface area contributed by atoms with Crippen molar-refractivity contribution in [2.24, 2.45) is 11.3 Å². The largest absolute Gasteiger partial charge is 0.480 e. The van der Waals surface area contributed by atoms with E-state index >= 15 is 0 Å². The van der Waals surface area contributed by atoms with Gasteiger partial charge in [0.25, 0.3) is 0 Å². The summed E-state index contributed by atoms with van der Waals surface area (Å²) in [6.45, 7) is 9.75.